The molecule has 0 fully saturated rings. The predicted octanol–water partition coefficient (Wildman–Crippen LogP) is 2.54. The van der Waals surface area contributed by atoms with Gasteiger partial charge in [-0.2, -0.15) is 4.98 Å². The molecule has 0 saturated heterocycles. The van der Waals surface area contributed by atoms with Crippen LogP contribution in [0.2, 0.25) is 0 Å². The van der Waals surface area contributed by atoms with Crippen molar-refractivity contribution in [2.24, 2.45) is 0 Å². The Kier molecular flexibility index (Phi) is 3.86. The number of nitrogens with zero attached hydrogens (tertiary/aromatic N) is 4. The van der Waals surface area contributed by atoms with E-state index in [9.17, 15) is 4.79 Å². The minimum Gasteiger partial charge on any atom is -0.334 e. The van der Waals surface area contributed by atoms with E-state index in [0.29, 0.717) is 29.5 Å². The van der Waals surface area contributed by atoms with Gasteiger partial charge in [0, 0.05) is 30.1 Å². The third-order valence-corrected chi connectivity index (χ3v) is 2.93. The second-order valence-electron chi connectivity index (χ2n) is 4.50. The molecule has 0 radical (unpaired) electrons. The van der Waals surface area contributed by atoms with Crippen LogP contribution < -0.4 is 5.32 Å². The van der Waals surface area contributed by atoms with Crippen molar-refractivity contribution in [2.45, 2.75) is 13.3 Å². The van der Waals surface area contributed by atoms with E-state index in [1.165, 1.54) is 0 Å². The molecule has 0 atom stereocenters. The maximum Gasteiger partial charge on any atom is 0.258 e. The van der Waals surface area contributed by atoms with Crippen LogP contribution in [-0.2, 0) is 4.79 Å². The third-order valence-electron chi connectivity index (χ3n) is 2.93. The lowest BCUT2D eigenvalue weighted by molar-refractivity contribution is -0.115. The van der Waals surface area contributed by atoms with Gasteiger partial charge in [-0.25, -0.2) is 4.98 Å². The predicted molar refractivity (Wildman–Crippen MR) is 79.7 cm³/mol. The van der Waals surface area contributed by atoms with Crippen LogP contribution >= 0.6 is 0 Å². The molecule has 0 aliphatic carbocycles. The van der Waals surface area contributed by atoms with Crippen molar-refractivity contribution in [3.63, 3.8) is 0 Å². The molecule has 1 N–H and O–H groups in total. The molecule has 3 rings (SSSR count). The first kappa shape index (κ1) is 13.9. The number of nitrogens with one attached hydrogen (secondary N) is 1. The van der Waals surface area contributed by atoms with Crippen LogP contribution in [0, 0.1) is 0 Å². The molecule has 0 unspecified atom stereocenters. The summed E-state index contributed by atoms with van der Waals surface area (Å²) in [6.45, 7) is 1.80. The van der Waals surface area contributed by atoms with Gasteiger partial charge >= 0.3 is 0 Å². The number of aromatic nitrogens is 4. The number of hydrogen-bond acceptors (Lipinski definition) is 6. The lowest BCUT2D eigenvalue weighted by Gasteiger charge is -2.03. The minimum absolute atomic E-state index is 0.0528. The van der Waals surface area contributed by atoms with Crippen LogP contribution in [0.3, 0.4) is 0 Å². The van der Waals surface area contributed by atoms with Gasteiger partial charge in [0.05, 0.1) is 6.20 Å². The first-order chi connectivity index (χ1) is 10.8. The van der Waals surface area contributed by atoms with Crippen molar-refractivity contribution in [3.05, 3.63) is 42.9 Å². The van der Waals surface area contributed by atoms with Gasteiger partial charge < -0.3 is 9.84 Å². The average molecular weight is 295 g/mol. The van der Waals surface area contributed by atoms with E-state index in [1.54, 1.807) is 37.6 Å². The fourth-order valence-corrected chi connectivity index (χ4v) is 1.84. The summed E-state index contributed by atoms with van der Waals surface area (Å²) >= 11 is 0. The molecule has 1 aromatic carbocycles. The first-order valence-electron chi connectivity index (χ1n) is 6.76. The van der Waals surface area contributed by atoms with Crippen molar-refractivity contribution in [1.29, 1.82) is 0 Å². The second-order valence-corrected chi connectivity index (χ2v) is 4.50. The number of rotatable bonds is 4. The Hall–Kier alpha value is -3.09. The van der Waals surface area contributed by atoms with Gasteiger partial charge in [0.25, 0.3) is 5.89 Å². The minimum atomic E-state index is -0.0528. The highest BCUT2D eigenvalue weighted by Crippen LogP contribution is 2.23. The fraction of sp³-hybridized carbons (Fsp3) is 0.133. The van der Waals surface area contributed by atoms with Gasteiger partial charge in [-0.05, 0) is 18.2 Å². The zero-order valence-corrected chi connectivity index (χ0v) is 11.9. The molecule has 0 aliphatic rings. The van der Waals surface area contributed by atoms with E-state index in [-0.39, 0.29) is 5.91 Å². The maximum absolute atomic E-state index is 11.4. The van der Waals surface area contributed by atoms with Crippen LogP contribution in [0.5, 0.6) is 0 Å². The molecule has 0 bridgehead atoms. The Labute approximate surface area is 126 Å². The summed E-state index contributed by atoms with van der Waals surface area (Å²) < 4.78 is 5.25. The molecule has 7 nitrogen and oxygen atoms in total. The number of amides is 1. The van der Waals surface area contributed by atoms with Gasteiger partial charge in [-0.3, -0.25) is 9.78 Å². The quantitative estimate of drug-likeness (QED) is 0.795. The smallest absolute Gasteiger partial charge is 0.258 e. The Morgan fingerprint density at radius 2 is 2.23 bits per heavy atom. The Morgan fingerprint density at radius 1 is 1.32 bits per heavy atom. The molecular weight excluding hydrogens is 282 g/mol. The summed E-state index contributed by atoms with van der Waals surface area (Å²) in [5.41, 5.74) is 1.94. The molecule has 7 heteroatoms. The highest BCUT2D eigenvalue weighted by atomic mass is 16.5. The van der Waals surface area contributed by atoms with Crippen molar-refractivity contribution in [1.82, 2.24) is 20.1 Å². The second kappa shape index (κ2) is 6.13. The number of anilines is 1. The number of benzene rings is 1. The van der Waals surface area contributed by atoms with Gasteiger partial charge in [0.1, 0.15) is 5.69 Å². The maximum atomic E-state index is 11.4. The summed E-state index contributed by atoms with van der Waals surface area (Å²) in [6, 6.07) is 7.22. The summed E-state index contributed by atoms with van der Waals surface area (Å²) in [4.78, 5) is 23.8. The largest absolute Gasteiger partial charge is 0.334 e. The standard InChI is InChI=1S/C15H13N5O2/c1-2-13(21)18-11-5-3-4-10(8-11)15-19-14(20-22-15)12-9-16-6-7-17-12/h3-9H,2H2,1H3,(H,18,21). The first-order valence-corrected chi connectivity index (χ1v) is 6.76. The van der Waals surface area contributed by atoms with Gasteiger partial charge in [-0.15, -0.1) is 0 Å². The van der Waals surface area contributed by atoms with Crippen LogP contribution in [0.1, 0.15) is 13.3 Å². The fourth-order valence-electron chi connectivity index (χ4n) is 1.84. The van der Waals surface area contributed by atoms with Gasteiger partial charge in [0.2, 0.25) is 11.7 Å². The molecule has 0 aliphatic heterocycles. The van der Waals surface area contributed by atoms with Crippen LogP contribution in [0.15, 0.2) is 47.4 Å². The van der Waals surface area contributed by atoms with E-state index in [2.05, 4.69) is 25.4 Å². The molecule has 22 heavy (non-hydrogen) atoms. The molecule has 110 valence electrons. The van der Waals surface area contributed by atoms with Crippen LogP contribution in [-0.4, -0.2) is 26.0 Å². The molecular formula is C15H13N5O2. The Bertz CT molecular complexity index is 785. The molecule has 2 heterocycles. The summed E-state index contributed by atoms with van der Waals surface area (Å²) in [5.74, 6) is 0.669. The van der Waals surface area contributed by atoms with E-state index in [1.807, 2.05) is 12.1 Å². The topological polar surface area (TPSA) is 93.8 Å². The monoisotopic (exact) mass is 295 g/mol. The summed E-state index contributed by atoms with van der Waals surface area (Å²) in [6.07, 6.45) is 5.12. The van der Waals surface area contributed by atoms with Crippen LogP contribution in [0.25, 0.3) is 23.0 Å². The lowest BCUT2D eigenvalue weighted by atomic mass is 10.2. The molecule has 3 aromatic rings. The highest BCUT2D eigenvalue weighted by molar-refractivity contribution is 5.91. The van der Waals surface area contributed by atoms with Gasteiger partial charge in [0.15, 0.2) is 0 Å². The van der Waals surface area contributed by atoms with Crippen LogP contribution in [0.4, 0.5) is 5.69 Å². The number of carbonyl (C=O) groups is 1. The third kappa shape index (κ3) is 2.98. The number of hydrogen-bond donors (Lipinski definition) is 1. The summed E-state index contributed by atoms with van der Waals surface area (Å²) in [5, 5.41) is 6.68. The zero-order valence-electron chi connectivity index (χ0n) is 11.9. The summed E-state index contributed by atoms with van der Waals surface area (Å²) in [7, 11) is 0. The van der Waals surface area contributed by atoms with Crippen molar-refractivity contribution < 1.29 is 9.32 Å². The highest BCUT2D eigenvalue weighted by Gasteiger charge is 2.12. The van der Waals surface area contributed by atoms with Crippen molar-refractivity contribution in [3.8, 4) is 23.0 Å². The van der Waals surface area contributed by atoms with Crippen molar-refractivity contribution in [2.75, 3.05) is 5.32 Å². The Balaban J connectivity index is 1.87. The lowest BCUT2D eigenvalue weighted by Crippen LogP contribution is -2.09. The molecule has 0 spiro atoms. The van der Waals surface area contributed by atoms with E-state index < -0.39 is 0 Å². The van der Waals surface area contributed by atoms with Gasteiger partial charge in [-0.1, -0.05) is 18.1 Å². The van der Waals surface area contributed by atoms with E-state index >= 15 is 0 Å². The Morgan fingerprint density at radius 3 is 3.00 bits per heavy atom. The van der Waals surface area contributed by atoms with E-state index in [0.717, 1.165) is 5.56 Å². The van der Waals surface area contributed by atoms with Crippen molar-refractivity contribution >= 4 is 11.6 Å². The molecule has 2 aromatic heterocycles. The SMILES string of the molecule is CCC(=O)Nc1cccc(-c2nc(-c3cnccn3)no2)c1. The average Bonchev–Trinajstić information content (AvgIpc) is 3.06. The molecule has 0 saturated carbocycles. The van der Waals surface area contributed by atoms with E-state index in [4.69, 9.17) is 4.52 Å². The zero-order chi connectivity index (χ0) is 15.4. The molecule has 1 amide bonds. The normalized spacial score (nSPS) is 10.4. The number of carbonyl (C=O) groups excluding carboxylic acids is 1.